The van der Waals surface area contributed by atoms with Gasteiger partial charge in [0.2, 0.25) is 5.13 Å². The minimum absolute atomic E-state index is 0.142. The van der Waals surface area contributed by atoms with Crippen LogP contribution in [0.5, 0.6) is 5.75 Å². The number of rotatable bonds is 9. The number of nitrogens with zero attached hydrogens (tertiary/aromatic N) is 2. The molecule has 0 radical (unpaired) electrons. The van der Waals surface area contributed by atoms with Crippen molar-refractivity contribution < 1.29 is 18.7 Å². The maximum absolute atomic E-state index is 13.2. The Kier molecular flexibility index (Phi) is 7.29. The van der Waals surface area contributed by atoms with Gasteiger partial charge in [0, 0.05) is 11.4 Å². The molecule has 1 heterocycles. The lowest BCUT2D eigenvalue weighted by atomic mass is 10.1. The van der Waals surface area contributed by atoms with Crippen molar-refractivity contribution in [3.8, 4) is 5.75 Å². The number of hydrazone groups is 1. The Hall–Kier alpha value is -3.26. The molecule has 8 heteroatoms. The van der Waals surface area contributed by atoms with Crippen LogP contribution in [-0.4, -0.2) is 23.8 Å². The summed E-state index contributed by atoms with van der Waals surface area (Å²) in [7, 11) is 0. The smallest absolute Gasteiger partial charge is 0.311 e. The summed E-state index contributed by atoms with van der Waals surface area (Å²) in [5.41, 5.74) is 5.31. The summed E-state index contributed by atoms with van der Waals surface area (Å²) in [6.07, 6.45) is 1.81. The molecular weight excluding hydrogens is 393 g/mol. The molecule has 150 valence electrons. The van der Waals surface area contributed by atoms with Gasteiger partial charge >= 0.3 is 5.97 Å². The Morgan fingerprint density at radius 1 is 1.28 bits per heavy atom. The van der Waals surface area contributed by atoms with Gasteiger partial charge in [0.25, 0.3) is 0 Å². The van der Waals surface area contributed by atoms with Crippen LogP contribution in [0.4, 0.5) is 9.52 Å². The van der Waals surface area contributed by atoms with Crippen molar-refractivity contribution in [2.45, 2.75) is 20.0 Å². The van der Waals surface area contributed by atoms with Crippen LogP contribution < -0.4 is 10.2 Å². The van der Waals surface area contributed by atoms with Gasteiger partial charge in [-0.15, -0.1) is 11.3 Å². The lowest BCUT2D eigenvalue weighted by Gasteiger charge is -2.06. The highest BCUT2D eigenvalue weighted by atomic mass is 32.1. The molecule has 2 aromatic carbocycles. The second-order valence-corrected chi connectivity index (χ2v) is 6.84. The van der Waals surface area contributed by atoms with E-state index in [-0.39, 0.29) is 18.2 Å². The van der Waals surface area contributed by atoms with E-state index in [0.717, 1.165) is 11.1 Å². The molecule has 3 rings (SSSR count). The highest BCUT2D eigenvalue weighted by Gasteiger charge is 2.07. The lowest BCUT2D eigenvalue weighted by Crippen LogP contribution is -2.07. The second-order valence-electron chi connectivity index (χ2n) is 5.99. The molecular formula is C21H20FN3O3S. The number of hydrogen-bond donors (Lipinski definition) is 1. The number of aromatic nitrogens is 1. The van der Waals surface area contributed by atoms with E-state index in [2.05, 4.69) is 15.5 Å². The zero-order valence-corrected chi connectivity index (χ0v) is 16.6. The van der Waals surface area contributed by atoms with Crippen LogP contribution >= 0.6 is 11.3 Å². The second kappa shape index (κ2) is 10.3. The van der Waals surface area contributed by atoms with Gasteiger partial charge < -0.3 is 9.47 Å². The summed E-state index contributed by atoms with van der Waals surface area (Å²) in [5, 5.41) is 6.56. The van der Waals surface area contributed by atoms with E-state index >= 15 is 0 Å². The molecule has 0 unspecified atom stereocenters. The molecule has 0 aliphatic carbocycles. The van der Waals surface area contributed by atoms with E-state index in [0.29, 0.717) is 29.8 Å². The Morgan fingerprint density at radius 3 is 2.97 bits per heavy atom. The normalized spacial score (nSPS) is 10.8. The summed E-state index contributed by atoms with van der Waals surface area (Å²) in [4.78, 5) is 15.8. The minimum atomic E-state index is -0.331. The monoisotopic (exact) mass is 413 g/mol. The quantitative estimate of drug-likeness (QED) is 0.320. The van der Waals surface area contributed by atoms with Gasteiger partial charge in [-0.25, -0.2) is 9.37 Å². The molecule has 0 spiro atoms. The van der Waals surface area contributed by atoms with Crippen molar-refractivity contribution in [2.24, 2.45) is 5.10 Å². The van der Waals surface area contributed by atoms with Gasteiger partial charge in [0.15, 0.2) is 0 Å². The molecule has 0 aliphatic rings. The number of benzene rings is 2. The summed E-state index contributed by atoms with van der Waals surface area (Å²) in [5.74, 6) is -0.152. The summed E-state index contributed by atoms with van der Waals surface area (Å²) >= 11 is 1.36. The third kappa shape index (κ3) is 6.69. The SMILES string of the molecule is CCOC(=O)Cc1csc(NN=Cc2cccc(COc3cccc(F)c3)c2)n1. The van der Waals surface area contributed by atoms with E-state index in [1.807, 2.05) is 24.3 Å². The van der Waals surface area contributed by atoms with Crippen LogP contribution in [-0.2, 0) is 22.6 Å². The topological polar surface area (TPSA) is 72.8 Å². The molecule has 0 fully saturated rings. The number of nitrogens with one attached hydrogen (secondary N) is 1. The van der Waals surface area contributed by atoms with Gasteiger partial charge in [-0.2, -0.15) is 5.10 Å². The molecule has 0 saturated carbocycles. The number of thiazole rings is 1. The number of hydrogen-bond acceptors (Lipinski definition) is 7. The molecule has 0 saturated heterocycles. The molecule has 0 bridgehead atoms. The lowest BCUT2D eigenvalue weighted by molar-refractivity contribution is -0.142. The van der Waals surface area contributed by atoms with Crippen molar-refractivity contribution >= 4 is 28.7 Å². The Morgan fingerprint density at radius 2 is 2.14 bits per heavy atom. The van der Waals surface area contributed by atoms with Crippen LogP contribution in [0.15, 0.2) is 59.0 Å². The third-order valence-corrected chi connectivity index (χ3v) is 4.50. The number of anilines is 1. The van der Waals surface area contributed by atoms with Crippen molar-refractivity contribution in [1.82, 2.24) is 4.98 Å². The first-order valence-electron chi connectivity index (χ1n) is 8.99. The van der Waals surface area contributed by atoms with Crippen molar-refractivity contribution in [1.29, 1.82) is 0 Å². The first-order chi connectivity index (χ1) is 14.1. The van der Waals surface area contributed by atoms with Gasteiger partial charge in [-0.1, -0.05) is 24.3 Å². The average molecular weight is 413 g/mol. The molecule has 0 atom stereocenters. The van der Waals surface area contributed by atoms with Crippen molar-refractivity contribution in [2.75, 3.05) is 12.0 Å². The fourth-order valence-electron chi connectivity index (χ4n) is 2.45. The molecule has 1 aromatic heterocycles. The summed E-state index contributed by atoms with van der Waals surface area (Å²) in [6.45, 7) is 2.44. The average Bonchev–Trinajstić information content (AvgIpc) is 3.14. The highest BCUT2D eigenvalue weighted by Crippen LogP contribution is 2.17. The van der Waals surface area contributed by atoms with E-state index in [1.54, 1.807) is 30.7 Å². The van der Waals surface area contributed by atoms with Crippen LogP contribution in [0.1, 0.15) is 23.7 Å². The fraction of sp³-hybridized carbons (Fsp3) is 0.190. The molecule has 0 amide bonds. The molecule has 3 aromatic rings. The van der Waals surface area contributed by atoms with E-state index in [1.165, 1.54) is 23.5 Å². The Balaban J connectivity index is 1.52. The van der Waals surface area contributed by atoms with E-state index < -0.39 is 0 Å². The fourth-order valence-corrected chi connectivity index (χ4v) is 3.11. The Bertz CT molecular complexity index is 991. The van der Waals surface area contributed by atoms with E-state index in [4.69, 9.17) is 9.47 Å². The zero-order chi connectivity index (χ0) is 20.5. The predicted octanol–water partition coefficient (Wildman–Crippen LogP) is 4.41. The molecule has 29 heavy (non-hydrogen) atoms. The van der Waals surface area contributed by atoms with Gasteiger partial charge in [-0.05, 0) is 36.2 Å². The summed E-state index contributed by atoms with van der Waals surface area (Å²) in [6, 6.07) is 13.7. The van der Waals surface area contributed by atoms with Gasteiger partial charge in [0.1, 0.15) is 18.2 Å². The highest BCUT2D eigenvalue weighted by molar-refractivity contribution is 7.13. The minimum Gasteiger partial charge on any atom is -0.489 e. The van der Waals surface area contributed by atoms with Crippen molar-refractivity contribution in [3.05, 3.63) is 76.5 Å². The predicted molar refractivity (Wildman–Crippen MR) is 111 cm³/mol. The third-order valence-electron chi connectivity index (χ3n) is 3.71. The maximum atomic E-state index is 13.2. The number of ether oxygens (including phenoxy) is 2. The Labute approximate surface area is 172 Å². The van der Waals surface area contributed by atoms with Gasteiger partial charge in [0.05, 0.1) is 24.9 Å². The van der Waals surface area contributed by atoms with Crippen molar-refractivity contribution in [3.63, 3.8) is 0 Å². The molecule has 1 N–H and O–H groups in total. The maximum Gasteiger partial charge on any atom is 0.311 e. The molecule has 0 aliphatic heterocycles. The first kappa shape index (κ1) is 20.5. The molecule has 6 nitrogen and oxygen atoms in total. The standard InChI is InChI=1S/C21H20FN3O3S/c1-2-27-20(26)11-18-14-29-21(24-18)25-23-12-15-5-3-6-16(9-15)13-28-19-8-4-7-17(22)10-19/h3-10,12,14H,2,11,13H2,1H3,(H,24,25). The largest absolute Gasteiger partial charge is 0.489 e. The number of carbonyl (C=O) groups is 1. The van der Waals surface area contributed by atoms with Crippen LogP contribution in [0, 0.1) is 5.82 Å². The summed E-state index contributed by atoms with van der Waals surface area (Å²) < 4.78 is 23.7. The number of halogens is 1. The van der Waals surface area contributed by atoms with Crippen LogP contribution in [0.25, 0.3) is 0 Å². The number of esters is 1. The van der Waals surface area contributed by atoms with Gasteiger partial charge in [-0.3, -0.25) is 10.2 Å². The zero-order valence-electron chi connectivity index (χ0n) is 15.8. The van der Waals surface area contributed by atoms with Crippen LogP contribution in [0.3, 0.4) is 0 Å². The number of carbonyl (C=O) groups excluding carboxylic acids is 1. The first-order valence-corrected chi connectivity index (χ1v) is 9.87. The van der Waals surface area contributed by atoms with Crippen LogP contribution in [0.2, 0.25) is 0 Å². The van der Waals surface area contributed by atoms with E-state index in [9.17, 15) is 9.18 Å².